The topological polar surface area (TPSA) is 98.2 Å². The molecular formula is C17H19N3O4S3. The Hall–Kier alpha value is -1.91. The minimum atomic E-state index is -0.564. The van der Waals surface area contributed by atoms with Crippen LogP contribution in [0.25, 0.3) is 0 Å². The van der Waals surface area contributed by atoms with Crippen molar-refractivity contribution >= 4 is 52.7 Å². The van der Waals surface area contributed by atoms with Crippen LogP contribution in [0.3, 0.4) is 0 Å². The van der Waals surface area contributed by atoms with Crippen molar-refractivity contribution in [2.24, 2.45) is 0 Å². The molecule has 10 heteroatoms. The van der Waals surface area contributed by atoms with Gasteiger partial charge in [0.15, 0.2) is 10.1 Å². The fourth-order valence-corrected chi connectivity index (χ4v) is 4.07. The number of ether oxygens (including phenoxy) is 1. The standard InChI is InChI=1S/C17H19N3O4S3/c1-10(21)14(18-11(2)22)8-12-4-6-13(7-5-12)24-15(23)9-26-17-19-16(25-3)20-27-17/h4-7,14H,8-9H2,1-3H3,(H,18,22)/t14-/m1/s1. The van der Waals surface area contributed by atoms with Gasteiger partial charge >= 0.3 is 5.97 Å². The van der Waals surface area contributed by atoms with Gasteiger partial charge in [0.05, 0.1) is 11.8 Å². The van der Waals surface area contributed by atoms with Crippen LogP contribution < -0.4 is 10.1 Å². The Morgan fingerprint density at radius 2 is 1.93 bits per heavy atom. The Bertz CT molecular complexity index is 808. The number of rotatable bonds is 9. The van der Waals surface area contributed by atoms with Crippen molar-refractivity contribution in [3.8, 4) is 5.75 Å². The molecule has 0 unspecified atom stereocenters. The van der Waals surface area contributed by atoms with Gasteiger partial charge in [-0.05, 0) is 48.8 Å². The number of carbonyl (C=O) groups is 3. The number of esters is 1. The van der Waals surface area contributed by atoms with Gasteiger partial charge in [-0.25, -0.2) is 4.98 Å². The van der Waals surface area contributed by atoms with Crippen molar-refractivity contribution in [2.75, 3.05) is 12.0 Å². The predicted molar refractivity (Wildman–Crippen MR) is 106 cm³/mol. The molecule has 1 heterocycles. The molecular weight excluding hydrogens is 406 g/mol. The highest BCUT2D eigenvalue weighted by Crippen LogP contribution is 2.24. The lowest BCUT2D eigenvalue weighted by Crippen LogP contribution is -2.40. The lowest BCUT2D eigenvalue weighted by Gasteiger charge is -2.15. The van der Waals surface area contributed by atoms with E-state index in [2.05, 4.69) is 14.7 Å². The van der Waals surface area contributed by atoms with E-state index >= 15 is 0 Å². The molecule has 144 valence electrons. The number of thioether (sulfide) groups is 2. The van der Waals surface area contributed by atoms with Gasteiger partial charge in [0.25, 0.3) is 0 Å². The van der Waals surface area contributed by atoms with Crippen LogP contribution in [0.5, 0.6) is 5.75 Å². The zero-order chi connectivity index (χ0) is 19.8. The largest absolute Gasteiger partial charge is 0.426 e. The van der Waals surface area contributed by atoms with E-state index in [-0.39, 0.29) is 23.4 Å². The molecule has 0 saturated heterocycles. The smallest absolute Gasteiger partial charge is 0.321 e. The van der Waals surface area contributed by atoms with E-state index in [1.807, 2.05) is 6.26 Å². The summed E-state index contributed by atoms with van der Waals surface area (Å²) in [5.74, 6) is -0.184. The zero-order valence-electron chi connectivity index (χ0n) is 15.1. The average Bonchev–Trinajstić information content (AvgIpc) is 3.09. The number of ketones is 1. The van der Waals surface area contributed by atoms with E-state index in [0.717, 1.165) is 9.90 Å². The van der Waals surface area contributed by atoms with Crippen LogP contribution >= 0.6 is 35.1 Å². The maximum atomic E-state index is 12.0. The number of aromatic nitrogens is 2. The van der Waals surface area contributed by atoms with Crippen LogP contribution in [0.4, 0.5) is 0 Å². The van der Waals surface area contributed by atoms with Crippen LogP contribution in [-0.4, -0.2) is 45.1 Å². The Morgan fingerprint density at radius 1 is 1.22 bits per heavy atom. The quantitative estimate of drug-likeness (QED) is 0.372. The van der Waals surface area contributed by atoms with Crippen molar-refractivity contribution in [3.63, 3.8) is 0 Å². The number of Topliss-reactive ketones (excluding diaryl/α,β-unsaturated/α-hetero) is 1. The van der Waals surface area contributed by atoms with Gasteiger partial charge in [0, 0.05) is 6.92 Å². The highest BCUT2D eigenvalue weighted by molar-refractivity contribution is 8.01. The first kappa shape index (κ1) is 21.4. The molecule has 1 aromatic carbocycles. The molecule has 1 amide bonds. The second-order valence-corrected chi connectivity index (χ2v) is 8.27. The molecule has 2 rings (SSSR count). The lowest BCUT2D eigenvalue weighted by atomic mass is 10.0. The minimum Gasteiger partial charge on any atom is -0.426 e. The number of amides is 1. The van der Waals surface area contributed by atoms with Gasteiger partial charge in [-0.2, -0.15) is 4.37 Å². The number of hydrogen-bond donors (Lipinski definition) is 1. The molecule has 0 aliphatic rings. The monoisotopic (exact) mass is 425 g/mol. The Morgan fingerprint density at radius 3 is 2.48 bits per heavy atom. The molecule has 0 aliphatic heterocycles. The van der Waals surface area contributed by atoms with Gasteiger partial charge in [-0.15, -0.1) is 0 Å². The second-order valence-electron chi connectivity index (χ2n) is 5.52. The summed E-state index contributed by atoms with van der Waals surface area (Å²) >= 11 is 3.99. The van der Waals surface area contributed by atoms with Crippen LogP contribution in [0.1, 0.15) is 19.4 Å². The Kier molecular flexibility index (Phi) is 8.26. The van der Waals surface area contributed by atoms with Gasteiger partial charge in [-0.3, -0.25) is 14.4 Å². The first-order valence-electron chi connectivity index (χ1n) is 7.95. The summed E-state index contributed by atoms with van der Waals surface area (Å²) < 4.78 is 10.1. The van der Waals surface area contributed by atoms with Gasteiger partial charge in [0.2, 0.25) is 11.1 Å². The SMILES string of the molecule is CSc1nsc(SCC(=O)Oc2ccc(C[C@@H](NC(C)=O)C(C)=O)cc2)n1. The molecule has 0 bridgehead atoms. The van der Waals surface area contributed by atoms with E-state index < -0.39 is 6.04 Å². The summed E-state index contributed by atoms with van der Waals surface area (Å²) in [5.41, 5.74) is 0.858. The molecule has 1 aromatic heterocycles. The van der Waals surface area contributed by atoms with Crippen LogP contribution in [0.2, 0.25) is 0 Å². The lowest BCUT2D eigenvalue weighted by molar-refractivity contribution is -0.131. The van der Waals surface area contributed by atoms with Gasteiger partial charge < -0.3 is 10.1 Å². The zero-order valence-corrected chi connectivity index (χ0v) is 17.5. The van der Waals surface area contributed by atoms with E-state index in [1.165, 1.54) is 48.9 Å². The molecule has 27 heavy (non-hydrogen) atoms. The highest BCUT2D eigenvalue weighted by Gasteiger charge is 2.16. The third-order valence-corrected chi connectivity index (χ3v) is 5.82. The third-order valence-electron chi connectivity index (χ3n) is 3.35. The third kappa shape index (κ3) is 7.31. The Balaban J connectivity index is 1.85. The number of hydrogen-bond acceptors (Lipinski definition) is 9. The number of nitrogens with zero attached hydrogens (tertiary/aromatic N) is 2. The normalized spacial score (nSPS) is 11.7. The second kappa shape index (κ2) is 10.4. The number of carbonyl (C=O) groups excluding carboxylic acids is 3. The van der Waals surface area contributed by atoms with E-state index in [0.29, 0.717) is 17.3 Å². The maximum absolute atomic E-state index is 12.0. The Labute approximate surface area is 169 Å². The van der Waals surface area contributed by atoms with Crippen LogP contribution in [0.15, 0.2) is 33.8 Å². The number of nitrogens with one attached hydrogen (secondary N) is 1. The predicted octanol–water partition coefficient (Wildman–Crippen LogP) is 2.59. The molecule has 0 fully saturated rings. The first-order valence-corrected chi connectivity index (χ1v) is 10.9. The van der Waals surface area contributed by atoms with Crippen LogP contribution in [0, 0.1) is 0 Å². The first-order chi connectivity index (χ1) is 12.9. The molecule has 0 radical (unpaired) electrons. The van der Waals surface area contributed by atoms with Gasteiger partial charge in [-0.1, -0.05) is 35.7 Å². The fraction of sp³-hybridized carbons (Fsp3) is 0.353. The molecule has 1 atom stereocenters. The summed E-state index contributed by atoms with van der Waals surface area (Å²) in [6.07, 6.45) is 2.27. The summed E-state index contributed by atoms with van der Waals surface area (Å²) in [6.45, 7) is 2.81. The molecule has 0 aliphatic carbocycles. The fourth-order valence-electron chi connectivity index (χ4n) is 2.09. The molecule has 7 nitrogen and oxygen atoms in total. The average molecular weight is 426 g/mol. The molecule has 1 N–H and O–H groups in total. The minimum absolute atomic E-state index is 0.112. The molecule has 0 spiro atoms. The summed E-state index contributed by atoms with van der Waals surface area (Å²) in [5, 5.41) is 3.31. The summed E-state index contributed by atoms with van der Waals surface area (Å²) in [4.78, 5) is 39.0. The van der Waals surface area contributed by atoms with Crippen molar-refractivity contribution in [3.05, 3.63) is 29.8 Å². The summed E-state index contributed by atoms with van der Waals surface area (Å²) in [7, 11) is 0. The maximum Gasteiger partial charge on any atom is 0.321 e. The van der Waals surface area contributed by atoms with Crippen LogP contribution in [-0.2, 0) is 20.8 Å². The van der Waals surface area contributed by atoms with Crippen molar-refractivity contribution in [2.45, 2.75) is 35.8 Å². The van der Waals surface area contributed by atoms with Crippen molar-refractivity contribution in [1.29, 1.82) is 0 Å². The molecule has 0 saturated carbocycles. The van der Waals surface area contributed by atoms with E-state index in [4.69, 9.17) is 4.74 Å². The molecule has 2 aromatic rings. The van der Waals surface area contributed by atoms with Crippen molar-refractivity contribution in [1.82, 2.24) is 14.7 Å². The van der Waals surface area contributed by atoms with E-state index in [1.54, 1.807) is 24.3 Å². The highest BCUT2D eigenvalue weighted by atomic mass is 32.2. The number of benzene rings is 1. The summed E-state index contributed by atoms with van der Waals surface area (Å²) in [6, 6.07) is 6.30. The van der Waals surface area contributed by atoms with Gasteiger partial charge in [0.1, 0.15) is 5.75 Å². The van der Waals surface area contributed by atoms with Crippen molar-refractivity contribution < 1.29 is 19.1 Å². The van der Waals surface area contributed by atoms with E-state index in [9.17, 15) is 14.4 Å².